The van der Waals surface area contributed by atoms with Crippen LogP contribution < -0.4 is 0 Å². The smallest absolute Gasteiger partial charge is 0.113 e. The lowest BCUT2D eigenvalue weighted by Crippen LogP contribution is -1.97. The number of furan rings is 1. The van der Waals surface area contributed by atoms with Gasteiger partial charge in [0.05, 0.1) is 18.0 Å². The molecule has 0 amide bonds. The molecule has 3 nitrogen and oxygen atoms in total. The van der Waals surface area contributed by atoms with Gasteiger partial charge in [0.15, 0.2) is 0 Å². The van der Waals surface area contributed by atoms with Gasteiger partial charge >= 0.3 is 0 Å². The molecule has 0 aliphatic rings. The van der Waals surface area contributed by atoms with Crippen LogP contribution in [0.2, 0.25) is 0 Å². The maximum Gasteiger partial charge on any atom is 0.113 e. The molecule has 0 N–H and O–H groups in total. The predicted octanol–water partition coefficient (Wildman–Crippen LogP) is 3.48. The summed E-state index contributed by atoms with van der Waals surface area (Å²) in [6, 6.07) is 7.97. The van der Waals surface area contributed by atoms with Crippen molar-refractivity contribution in [2.24, 2.45) is 0 Å². The van der Waals surface area contributed by atoms with E-state index in [-0.39, 0.29) is 0 Å². The van der Waals surface area contributed by atoms with E-state index in [9.17, 15) is 0 Å². The SMILES string of the molecule is Brc1ccc2cnc(CCc3ccco3)n2c1. The molecule has 86 valence electrons. The summed E-state index contributed by atoms with van der Waals surface area (Å²) in [5, 5.41) is 0. The van der Waals surface area contributed by atoms with Crippen molar-refractivity contribution in [3.63, 3.8) is 0 Å². The average molecular weight is 291 g/mol. The van der Waals surface area contributed by atoms with Crippen LogP contribution in [0.5, 0.6) is 0 Å². The monoisotopic (exact) mass is 290 g/mol. The zero-order chi connectivity index (χ0) is 11.7. The molecule has 17 heavy (non-hydrogen) atoms. The van der Waals surface area contributed by atoms with Crippen LogP contribution in [-0.4, -0.2) is 9.38 Å². The first kappa shape index (κ1) is 10.6. The Bertz CT molecular complexity index is 628. The van der Waals surface area contributed by atoms with Crippen molar-refractivity contribution in [2.75, 3.05) is 0 Å². The Morgan fingerprint density at radius 1 is 1.24 bits per heavy atom. The number of hydrogen-bond acceptors (Lipinski definition) is 2. The number of fused-ring (bicyclic) bond motifs is 1. The third kappa shape index (κ3) is 2.13. The Morgan fingerprint density at radius 2 is 2.18 bits per heavy atom. The molecule has 4 heteroatoms. The second-order valence-corrected chi connectivity index (χ2v) is 4.81. The molecule has 0 aromatic carbocycles. The Morgan fingerprint density at radius 3 is 3.00 bits per heavy atom. The zero-order valence-corrected chi connectivity index (χ0v) is 10.7. The molecule has 0 aliphatic carbocycles. The minimum atomic E-state index is 0.873. The summed E-state index contributed by atoms with van der Waals surface area (Å²) >= 11 is 3.47. The summed E-state index contributed by atoms with van der Waals surface area (Å²) in [5.74, 6) is 2.05. The van der Waals surface area contributed by atoms with Gasteiger partial charge in [-0.25, -0.2) is 4.98 Å². The number of imidazole rings is 1. The second-order valence-electron chi connectivity index (χ2n) is 3.90. The van der Waals surface area contributed by atoms with Crippen LogP contribution >= 0.6 is 15.9 Å². The average Bonchev–Trinajstić information content (AvgIpc) is 2.94. The van der Waals surface area contributed by atoms with Crippen LogP contribution in [0.4, 0.5) is 0 Å². The predicted molar refractivity (Wildman–Crippen MR) is 69.0 cm³/mol. The summed E-state index contributed by atoms with van der Waals surface area (Å²) in [5.41, 5.74) is 1.11. The van der Waals surface area contributed by atoms with Gasteiger partial charge < -0.3 is 8.82 Å². The van der Waals surface area contributed by atoms with Gasteiger partial charge in [-0.2, -0.15) is 0 Å². The molecule has 0 aliphatic heterocycles. The number of aromatic nitrogens is 2. The van der Waals surface area contributed by atoms with Crippen molar-refractivity contribution in [3.8, 4) is 0 Å². The summed E-state index contributed by atoms with van der Waals surface area (Å²) in [7, 11) is 0. The van der Waals surface area contributed by atoms with Crippen LogP contribution in [0, 0.1) is 0 Å². The molecule has 0 spiro atoms. The van der Waals surface area contributed by atoms with Crippen molar-refractivity contribution in [3.05, 3.63) is 59.0 Å². The molecule has 0 radical (unpaired) electrons. The Hall–Kier alpha value is -1.55. The highest BCUT2D eigenvalue weighted by Crippen LogP contribution is 2.15. The molecular formula is C13H11BrN2O. The van der Waals surface area contributed by atoms with E-state index < -0.39 is 0 Å². The second kappa shape index (κ2) is 4.37. The van der Waals surface area contributed by atoms with E-state index >= 15 is 0 Å². The lowest BCUT2D eigenvalue weighted by molar-refractivity contribution is 0.506. The van der Waals surface area contributed by atoms with Crippen molar-refractivity contribution in [1.82, 2.24) is 9.38 Å². The Labute approximate surface area is 107 Å². The third-order valence-electron chi connectivity index (χ3n) is 2.74. The van der Waals surface area contributed by atoms with E-state index in [1.54, 1.807) is 6.26 Å². The molecule has 3 heterocycles. The van der Waals surface area contributed by atoms with Gasteiger partial charge in [-0.15, -0.1) is 0 Å². The number of pyridine rings is 1. The number of nitrogens with zero attached hydrogens (tertiary/aromatic N) is 2. The van der Waals surface area contributed by atoms with Gasteiger partial charge in [-0.1, -0.05) is 0 Å². The van der Waals surface area contributed by atoms with Gasteiger partial charge in [0, 0.05) is 23.5 Å². The summed E-state index contributed by atoms with van der Waals surface area (Å²) in [6.45, 7) is 0. The highest BCUT2D eigenvalue weighted by atomic mass is 79.9. The lowest BCUT2D eigenvalue weighted by Gasteiger charge is -2.00. The van der Waals surface area contributed by atoms with Crippen LogP contribution in [0.1, 0.15) is 11.6 Å². The van der Waals surface area contributed by atoms with Gasteiger partial charge in [0.25, 0.3) is 0 Å². The normalized spacial score (nSPS) is 11.1. The fraction of sp³-hybridized carbons (Fsp3) is 0.154. The van der Waals surface area contributed by atoms with E-state index in [1.165, 1.54) is 0 Å². The molecule has 0 fully saturated rings. The van der Waals surface area contributed by atoms with Crippen molar-refractivity contribution in [1.29, 1.82) is 0 Å². The van der Waals surface area contributed by atoms with E-state index in [4.69, 9.17) is 4.42 Å². The van der Waals surface area contributed by atoms with E-state index in [1.807, 2.05) is 36.7 Å². The maximum absolute atomic E-state index is 5.32. The summed E-state index contributed by atoms with van der Waals surface area (Å²) in [4.78, 5) is 4.44. The van der Waals surface area contributed by atoms with Gasteiger partial charge in [-0.3, -0.25) is 0 Å². The Balaban J connectivity index is 1.87. The fourth-order valence-electron chi connectivity index (χ4n) is 1.89. The molecule has 0 bridgehead atoms. The minimum absolute atomic E-state index is 0.873. The zero-order valence-electron chi connectivity index (χ0n) is 9.14. The molecule has 3 aromatic heterocycles. The minimum Gasteiger partial charge on any atom is -0.469 e. The fourth-order valence-corrected chi connectivity index (χ4v) is 2.23. The van der Waals surface area contributed by atoms with E-state index in [0.29, 0.717) is 0 Å². The van der Waals surface area contributed by atoms with Gasteiger partial charge in [0.1, 0.15) is 11.6 Å². The van der Waals surface area contributed by atoms with Crippen LogP contribution in [-0.2, 0) is 12.8 Å². The molecule has 0 saturated carbocycles. The first-order chi connectivity index (χ1) is 8.33. The number of halogens is 1. The molecule has 0 saturated heterocycles. The summed E-state index contributed by atoms with van der Waals surface area (Å²) in [6.07, 6.45) is 7.38. The van der Waals surface area contributed by atoms with Crippen LogP contribution in [0.25, 0.3) is 5.52 Å². The number of aryl methyl sites for hydroxylation is 2. The van der Waals surface area contributed by atoms with Crippen molar-refractivity contribution >= 4 is 21.4 Å². The third-order valence-corrected chi connectivity index (χ3v) is 3.21. The van der Waals surface area contributed by atoms with Crippen molar-refractivity contribution in [2.45, 2.75) is 12.8 Å². The highest BCUT2D eigenvalue weighted by Gasteiger charge is 2.05. The summed E-state index contributed by atoms with van der Waals surface area (Å²) < 4.78 is 8.48. The maximum atomic E-state index is 5.32. The van der Waals surface area contributed by atoms with Crippen LogP contribution in [0.15, 0.2) is 51.8 Å². The van der Waals surface area contributed by atoms with Gasteiger partial charge in [0.2, 0.25) is 0 Å². The number of rotatable bonds is 3. The first-order valence-electron chi connectivity index (χ1n) is 5.47. The molecule has 3 aromatic rings. The Kier molecular flexibility index (Phi) is 2.73. The molecule has 3 rings (SSSR count). The van der Waals surface area contributed by atoms with Gasteiger partial charge in [-0.05, 0) is 40.2 Å². The highest BCUT2D eigenvalue weighted by molar-refractivity contribution is 9.10. The topological polar surface area (TPSA) is 30.4 Å². The number of hydrogen-bond donors (Lipinski definition) is 0. The first-order valence-corrected chi connectivity index (χ1v) is 6.26. The molecular weight excluding hydrogens is 280 g/mol. The van der Waals surface area contributed by atoms with E-state index in [0.717, 1.165) is 34.4 Å². The van der Waals surface area contributed by atoms with Crippen molar-refractivity contribution < 1.29 is 4.42 Å². The molecule has 0 unspecified atom stereocenters. The quantitative estimate of drug-likeness (QED) is 0.739. The van der Waals surface area contributed by atoms with Crippen LogP contribution in [0.3, 0.4) is 0 Å². The molecule has 0 atom stereocenters. The lowest BCUT2D eigenvalue weighted by atomic mass is 10.2. The largest absolute Gasteiger partial charge is 0.469 e. The standard InChI is InChI=1S/C13H11BrN2O/c14-10-3-4-11-8-15-13(16(11)9-10)6-5-12-2-1-7-17-12/h1-4,7-9H,5-6H2. The van der Waals surface area contributed by atoms with E-state index in [2.05, 4.69) is 25.3 Å².